The minimum atomic E-state index is 0.177. The van der Waals surface area contributed by atoms with Gasteiger partial charge in [0.05, 0.1) is 0 Å². The molecule has 0 bridgehead atoms. The minimum Gasteiger partial charge on any atom is -0.330 e. The third-order valence-electron chi connectivity index (χ3n) is 4.38. The number of hydrogen-bond acceptors (Lipinski definition) is 2. The average molecular weight is 331 g/mol. The Bertz CT molecular complexity index is 611. The zero-order valence-corrected chi connectivity index (χ0v) is 13.1. The van der Waals surface area contributed by atoms with Gasteiger partial charge >= 0.3 is 0 Å². The largest absolute Gasteiger partial charge is 0.330 e. The molecule has 1 heterocycles. The first-order valence-electron chi connectivity index (χ1n) is 7.07. The fraction of sp³-hybridized carbons (Fsp3) is 0.353. The maximum atomic E-state index is 6.15. The molecule has 20 heavy (non-hydrogen) atoms. The van der Waals surface area contributed by atoms with Crippen LogP contribution in [0.2, 0.25) is 0 Å². The third-order valence-corrected chi connectivity index (χ3v) is 4.82. The van der Waals surface area contributed by atoms with Crippen LogP contribution >= 0.6 is 15.9 Å². The summed E-state index contributed by atoms with van der Waals surface area (Å²) in [5.41, 5.74) is 10.5. The normalized spacial score (nSPS) is 21.5. The van der Waals surface area contributed by atoms with Crippen molar-refractivity contribution in [3.63, 3.8) is 0 Å². The number of nitrogens with two attached hydrogens (primary N) is 1. The van der Waals surface area contributed by atoms with Crippen LogP contribution in [0.15, 0.2) is 47.2 Å². The standard InChI is InChI=1S/C17H19BrN2/c18-16-7-13(10-20-11-16)8-17(12-19)6-5-14-3-1-2-4-15(14)9-17/h1-4,7,10-11H,5-6,8-9,12,19H2. The molecule has 2 N–H and O–H groups in total. The zero-order chi connectivity index (χ0) is 14.0. The lowest BCUT2D eigenvalue weighted by molar-refractivity contribution is 0.253. The van der Waals surface area contributed by atoms with Gasteiger partial charge in [-0.05, 0) is 76.3 Å². The van der Waals surface area contributed by atoms with Gasteiger partial charge in [0.2, 0.25) is 0 Å². The Kier molecular flexibility index (Phi) is 3.90. The summed E-state index contributed by atoms with van der Waals surface area (Å²) >= 11 is 3.50. The summed E-state index contributed by atoms with van der Waals surface area (Å²) in [6, 6.07) is 10.9. The number of halogens is 1. The van der Waals surface area contributed by atoms with Crippen molar-refractivity contribution in [2.75, 3.05) is 6.54 Å². The van der Waals surface area contributed by atoms with Gasteiger partial charge in [0, 0.05) is 16.9 Å². The summed E-state index contributed by atoms with van der Waals surface area (Å²) in [4.78, 5) is 4.27. The van der Waals surface area contributed by atoms with E-state index in [1.165, 1.54) is 16.7 Å². The van der Waals surface area contributed by atoms with Crippen LogP contribution in [0, 0.1) is 5.41 Å². The number of hydrogen-bond donors (Lipinski definition) is 1. The van der Waals surface area contributed by atoms with E-state index in [4.69, 9.17) is 5.73 Å². The quantitative estimate of drug-likeness (QED) is 0.935. The van der Waals surface area contributed by atoms with Crippen molar-refractivity contribution in [3.8, 4) is 0 Å². The van der Waals surface area contributed by atoms with Crippen molar-refractivity contribution >= 4 is 15.9 Å². The van der Waals surface area contributed by atoms with E-state index in [2.05, 4.69) is 51.2 Å². The van der Waals surface area contributed by atoms with Gasteiger partial charge in [-0.15, -0.1) is 0 Å². The van der Waals surface area contributed by atoms with Crippen LogP contribution in [0.1, 0.15) is 23.1 Å². The lowest BCUT2D eigenvalue weighted by atomic mass is 9.68. The van der Waals surface area contributed by atoms with Gasteiger partial charge in [0.25, 0.3) is 0 Å². The van der Waals surface area contributed by atoms with Gasteiger partial charge in [-0.1, -0.05) is 24.3 Å². The summed E-state index contributed by atoms with van der Waals surface area (Å²) in [5.74, 6) is 0. The number of fused-ring (bicyclic) bond motifs is 1. The molecule has 0 fully saturated rings. The first-order chi connectivity index (χ1) is 9.71. The average Bonchev–Trinajstić information content (AvgIpc) is 2.47. The topological polar surface area (TPSA) is 38.9 Å². The maximum Gasteiger partial charge on any atom is 0.0410 e. The van der Waals surface area contributed by atoms with E-state index in [1.807, 2.05) is 12.4 Å². The van der Waals surface area contributed by atoms with E-state index in [0.29, 0.717) is 0 Å². The van der Waals surface area contributed by atoms with E-state index in [0.717, 1.165) is 36.7 Å². The van der Waals surface area contributed by atoms with Crippen LogP contribution < -0.4 is 5.73 Å². The molecule has 1 atom stereocenters. The molecule has 0 radical (unpaired) electrons. The van der Waals surface area contributed by atoms with Crippen molar-refractivity contribution in [2.24, 2.45) is 11.1 Å². The molecule has 0 spiro atoms. The molecule has 1 aromatic heterocycles. The van der Waals surface area contributed by atoms with Gasteiger partial charge < -0.3 is 5.73 Å². The number of aromatic nitrogens is 1. The SMILES string of the molecule is NCC1(Cc2cncc(Br)c2)CCc2ccccc2C1. The third kappa shape index (κ3) is 2.79. The maximum absolute atomic E-state index is 6.15. The van der Waals surface area contributed by atoms with Gasteiger partial charge in [-0.2, -0.15) is 0 Å². The molecule has 1 unspecified atom stereocenters. The fourth-order valence-corrected chi connectivity index (χ4v) is 3.66. The molecule has 0 amide bonds. The van der Waals surface area contributed by atoms with Crippen molar-refractivity contribution in [1.82, 2.24) is 4.98 Å². The zero-order valence-electron chi connectivity index (χ0n) is 11.5. The second-order valence-electron chi connectivity index (χ2n) is 5.84. The predicted molar refractivity (Wildman–Crippen MR) is 85.6 cm³/mol. The van der Waals surface area contributed by atoms with Crippen molar-refractivity contribution in [3.05, 3.63) is 63.9 Å². The van der Waals surface area contributed by atoms with Crippen molar-refractivity contribution < 1.29 is 0 Å². The van der Waals surface area contributed by atoms with Gasteiger partial charge in [-0.3, -0.25) is 4.98 Å². The summed E-state index contributed by atoms with van der Waals surface area (Å²) in [6.45, 7) is 0.730. The Morgan fingerprint density at radius 2 is 2.00 bits per heavy atom. The Morgan fingerprint density at radius 1 is 1.20 bits per heavy atom. The molecule has 1 aliphatic carbocycles. The Morgan fingerprint density at radius 3 is 2.75 bits per heavy atom. The molecular weight excluding hydrogens is 312 g/mol. The van der Waals surface area contributed by atoms with Crippen LogP contribution in [-0.4, -0.2) is 11.5 Å². The molecule has 104 valence electrons. The van der Waals surface area contributed by atoms with Crippen molar-refractivity contribution in [1.29, 1.82) is 0 Å². The molecule has 0 aliphatic heterocycles. The lowest BCUT2D eigenvalue weighted by Gasteiger charge is -2.37. The smallest absolute Gasteiger partial charge is 0.0410 e. The minimum absolute atomic E-state index is 0.177. The predicted octanol–water partition coefficient (Wildman–Crippen LogP) is 3.52. The molecule has 0 saturated heterocycles. The first kappa shape index (κ1) is 13.8. The van der Waals surface area contributed by atoms with Crippen molar-refractivity contribution in [2.45, 2.75) is 25.7 Å². The Labute approximate surface area is 128 Å². The highest BCUT2D eigenvalue weighted by Gasteiger charge is 2.33. The van der Waals surface area contributed by atoms with Crippen LogP contribution in [0.3, 0.4) is 0 Å². The van der Waals surface area contributed by atoms with E-state index < -0.39 is 0 Å². The van der Waals surface area contributed by atoms with Crippen LogP contribution in [0.5, 0.6) is 0 Å². The second-order valence-corrected chi connectivity index (χ2v) is 6.75. The number of benzene rings is 1. The Balaban J connectivity index is 1.86. The summed E-state index contributed by atoms with van der Waals surface area (Å²) < 4.78 is 1.04. The molecule has 3 rings (SSSR count). The molecule has 3 heteroatoms. The van der Waals surface area contributed by atoms with Gasteiger partial charge in [0.1, 0.15) is 0 Å². The second kappa shape index (κ2) is 5.66. The Hall–Kier alpha value is -1.19. The summed E-state index contributed by atoms with van der Waals surface area (Å²) in [5, 5.41) is 0. The van der Waals surface area contributed by atoms with E-state index in [1.54, 1.807) is 0 Å². The monoisotopic (exact) mass is 330 g/mol. The lowest BCUT2D eigenvalue weighted by Crippen LogP contribution is -2.38. The highest BCUT2D eigenvalue weighted by atomic mass is 79.9. The van der Waals surface area contributed by atoms with Gasteiger partial charge in [0.15, 0.2) is 0 Å². The number of pyridine rings is 1. The van der Waals surface area contributed by atoms with Crippen LogP contribution in [-0.2, 0) is 19.3 Å². The van der Waals surface area contributed by atoms with E-state index in [9.17, 15) is 0 Å². The molecule has 1 aliphatic rings. The van der Waals surface area contributed by atoms with E-state index >= 15 is 0 Å². The van der Waals surface area contributed by atoms with Gasteiger partial charge in [-0.25, -0.2) is 0 Å². The highest BCUT2D eigenvalue weighted by molar-refractivity contribution is 9.10. The first-order valence-corrected chi connectivity index (χ1v) is 7.86. The fourth-order valence-electron chi connectivity index (χ4n) is 3.25. The molecular formula is C17H19BrN2. The molecule has 2 nitrogen and oxygen atoms in total. The number of nitrogens with zero attached hydrogens (tertiary/aromatic N) is 1. The summed E-state index contributed by atoms with van der Waals surface area (Å²) in [6.07, 6.45) is 8.16. The van der Waals surface area contributed by atoms with E-state index in [-0.39, 0.29) is 5.41 Å². The molecule has 2 aromatic rings. The summed E-state index contributed by atoms with van der Waals surface area (Å²) in [7, 11) is 0. The highest BCUT2D eigenvalue weighted by Crippen LogP contribution is 2.37. The van der Waals surface area contributed by atoms with Crippen LogP contribution in [0.4, 0.5) is 0 Å². The number of aryl methyl sites for hydroxylation is 1. The number of rotatable bonds is 3. The molecule has 0 saturated carbocycles. The van der Waals surface area contributed by atoms with Crippen LogP contribution in [0.25, 0.3) is 0 Å². The molecule has 1 aromatic carbocycles.